The molecule has 2 aliphatic rings. The molecule has 2 bridgehead atoms. The van der Waals surface area contributed by atoms with Crippen molar-refractivity contribution in [3.63, 3.8) is 0 Å². The third-order valence-electron chi connectivity index (χ3n) is 4.99. The van der Waals surface area contributed by atoms with E-state index >= 15 is 0 Å². The predicted molar refractivity (Wildman–Crippen MR) is 64.6 cm³/mol. The Morgan fingerprint density at radius 1 is 1.35 bits per heavy atom. The summed E-state index contributed by atoms with van der Waals surface area (Å²) in [6.45, 7) is 3.59. The van der Waals surface area contributed by atoms with Crippen LogP contribution in [-0.2, 0) is 9.53 Å². The van der Waals surface area contributed by atoms with E-state index in [9.17, 15) is 9.90 Å². The van der Waals surface area contributed by atoms with Gasteiger partial charge in [0.05, 0.1) is 18.1 Å². The number of esters is 1. The molecule has 2 heterocycles. The number of aliphatic hydroxyl groups is 1. The van der Waals surface area contributed by atoms with E-state index in [1.54, 1.807) is 13.8 Å². The molecule has 2 unspecified atom stereocenters. The van der Waals surface area contributed by atoms with E-state index in [0.29, 0.717) is 24.9 Å². The fourth-order valence-corrected chi connectivity index (χ4v) is 3.40. The molecule has 0 aromatic heterocycles. The van der Waals surface area contributed by atoms with Crippen molar-refractivity contribution in [2.45, 2.75) is 57.2 Å². The van der Waals surface area contributed by atoms with Gasteiger partial charge >= 0.3 is 5.97 Å². The molecule has 1 N–H and O–H groups in total. The maximum Gasteiger partial charge on any atom is 0.314 e. The van der Waals surface area contributed by atoms with E-state index in [0.717, 1.165) is 12.8 Å². The molecule has 2 aliphatic heterocycles. The van der Waals surface area contributed by atoms with Crippen molar-refractivity contribution in [3.8, 4) is 0 Å². The Hall–Kier alpha value is -0.610. The molecule has 2 saturated heterocycles. The zero-order valence-electron chi connectivity index (χ0n) is 11.2. The maximum absolute atomic E-state index is 11.9. The van der Waals surface area contributed by atoms with Gasteiger partial charge in [0.1, 0.15) is 0 Å². The van der Waals surface area contributed by atoms with Gasteiger partial charge in [-0.1, -0.05) is 0 Å². The fraction of sp³-hybridized carbons (Fsp3) is 0.923. The number of rotatable bonds is 2. The quantitative estimate of drug-likeness (QED) is 0.737. The molecule has 0 aliphatic carbocycles. The van der Waals surface area contributed by atoms with Crippen molar-refractivity contribution >= 4 is 5.97 Å². The first-order valence-corrected chi connectivity index (χ1v) is 6.34. The van der Waals surface area contributed by atoms with Crippen molar-refractivity contribution in [1.29, 1.82) is 0 Å². The molecule has 0 aromatic rings. The van der Waals surface area contributed by atoms with Crippen LogP contribution < -0.4 is 0 Å². The van der Waals surface area contributed by atoms with Crippen LogP contribution in [0.2, 0.25) is 0 Å². The van der Waals surface area contributed by atoms with Crippen molar-refractivity contribution in [2.24, 2.45) is 5.41 Å². The van der Waals surface area contributed by atoms with Crippen molar-refractivity contribution in [3.05, 3.63) is 0 Å². The Morgan fingerprint density at radius 2 is 1.82 bits per heavy atom. The predicted octanol–water partition coefficient (Wildman–Crippen LogP) is 1.17. The summed E-state index contributed by atoms with van der Waals surface area (Å²) in [4.78, 5) is 14.2. The molecule has 0 radical (unpaired) electrons. The van der Waals surface area contributed by atoms with Crippen LogP contribution in [0, 0.1) is 5.41 Å². The molecule has 17 heavy (non-hydrogen) atoms. The lowest BCUT2D eigenvalue weighted by molar-refractivity contribution is -0.178. The highest BCUT2D eigenvalue weighted by atomic mass is 16.5. The highest BCUT2D eigenvalue weighted by molar-refractivity contribution is 5.77. The second-order valence-corrected chi connectivity index (χ2v) is 6.11. The number of hydrogen-bond donors (Lipinski definition) is 1. The first kappa shape index (κ1) is 12.8. The molecule has 4 heteroatoms. The van der Waals surface area contributed by atoms with Gasteiger partial charge in [-0.3, -0.25) is 4.79 Å². The summed E-state index contributed by atoms with van der Waals surface area (Å²) in [6, 6.07) is 0.811. The average molecular weight is 241 g/mol. The van der Waals surface area contributed by atoms with Crippen LogP contribution >= 0.6 is 0 Å². The third-order valence-corrected chi connectivity index (χ3v) is 4.99. The first-order valence-electron chi connectivity index (χ1n) is 6.34. The minimum atomic E-state index is -0.932. The summed E-state index contributed by atoms with van der Waals surface area (Å²) in [5.41, 5.74) is -1.76. The molecule has 0 amide bonds. The van der Waals surface area contributed by atoms with Gasteiger partial charge in [0, 0.05) is 12.1 Å². The number of nitrogens with zero attached hydrogens (tertiary/aromatic N) is 1. The standard InChI is InChI=1S/C13H23NO3/c1-12(2,11(15)17-4)13(16)7-9-5-6-10(8-13)14(9)3/h9-10,16H,5-8H2,1-4H3. The Bertz CT molecular complexity index is 313. The lowest BCUT2D eigenvalue weighted by Crippen LogP contribution is -2.58. The highest BCUT2D eigenvalue weighted by Crippen LogP contribution is 2.48. The van der Waals surface area contributed by atoms with Gasteiger partial charge in [-0.25, -0.2) is 0 Å². The second-order valence-electron chi connectivity index (χ2n) is 6.11. The van der Waals surface area contributed by atoms with Gasteiger partial charge in [0.2, 0.25) is 0 Å². The number of carbonyl (C=O) groups is 1. The van der Waals surface area contributed by atoms with Crippen LogP contribution in [-0.4, -0.2) is 47.8 Å². The summed E-state index contributed by atoms with van der Waals surface area (Å²) < 4.78 is 4.84. The lowest BCUT2D eigenvalue weighted by Gasteiger charge is -2.48. The van der Waals surface area contributed by atoms with Crippen LogP contribution in [0.5, 0.6) is 0 Å². The maximum atomic E-state index is 11.9. The Kier molecular flexibility index (Phi) is 2.99. The number of fused-ring (bicyclic) bond motifs is 2. The monoisotopic (exact) mass is 241 g/mol. The number of carbonyl (C=O) groups excluding carboxylic acids is 1. The van der Waals surface area contributed by atoms with Gasteiger partial charge < -0.3 is 14.7 Å². The summed E-state index contributed by atoms with van der Waals surface area (Å²) in [5.74, 6) is -0.316. The highest BCUT2D eigenvalue weighted by Gasteiger charge is 2.56. The van der Waals surface area contributed by atoms with Crippen LogP contribution in [0.4, 0.5) is 0 Å². The number of hydrogen-bond acceptors (Lipinski definition) is 4. The topological polar surface area (TPSA) is 49.8 Å². The minimum absolute atomic E-state index is 0.316. The molecule has 2 rings (SSSR count). The number of ether oxygens (including phenoxy) is 1. The summed E-state index contributed by atoms with van der Waals surface area (Å²) >= 11 is 0. The molecule has 0 saturated carbocycles. The molecular weight excluding hydrogens is 218 g/mol. The van der Waals surface area contributed by atoms with Crippen LogP contribution in [0.25, 0.3) is 0 Å². The molecule has 98 valence electrons. The van der Waals surface area contributed by atoms with Crippen LogP contribution in [0.15, 0.2) is 0 Å². The normalized spacial score (nSPS) is 38.2. The van der Waals surface area contributed by atoms with Gasteiger partial charge in [-0.05, 0) is 46.6 Å². The van der Waals surface area contributed by atoms with Gasteiger partial charge in [-0.2, -0.15) is 0 Å². The molecule has 0 spiro atoms. The number of methoxy groups -OCH3 is 1. The third kappa shape index (κ3) is 1.78. The second kappa shape index (κ2) is 3.95. The van der Waals surface area contributed by atoms with Crippen molar-refractivity contribution < 1.29 is 14.6 Å². The van der Waals surface area contributed by atoms with Crippen molar-refractivity contribution in [2.75, 3.05) is 14.2 Å². The molecule has 2 fully saturated rings. The Labute approximate surface area is 103 Å². The first-order chi connectivity index (χ1) is 7.82. The van der Waals surface area contributed by atoms with E-state index in [1.165, 1.54) is 7.11 Å². The van der Waals surface area contributed by atoms with E-state index < -0.39 is 11.0 Å². The zero-order chi connectivity index (χ0) is 12.8. The van der Waals surface area contributed by atoms with Gasteiger partial charge in [0.15, 0.2) is 0 Å². The summed E-state index contributed by atoms with van der Waals surface area (Å²) in [6.07, 6.45) is 3.59. The largest absolute Gasteiger partial charge is 0.469 e. The fourth-order valence-electron chi connectivity index (χ4n) is 3.40. The smallest absolute Gasteiger partial charge is 0.314 e. The van der Waals surface area contributed by atoms with Gasteiger partial charge in [0.25, 0.3) is 0 Å². The molecule has 2 atom stereocenters. The zero-order valence-corrected chi connectivity index (χ0v) is 11.2. The van der Waals surface area contributed by atoms with Crippen molar-refractivity contribution in [1.82, 2.24) is 4.90 Å². The van der Waals surface area contributed by atoms with E-state index in [2.05, 4.69) is 11.9 Å². The number of piperidine rings is 1. The molecule has 4 nitrogen and oxygen atoms in total. The summed E-state index contributed by atoms with van der Waals surface area (Å²) in [7, 11) is 3.50. The van der Waals surface area contributed by atoms with E-state index in [-0.39, 0.29) is 5.97 Å². The minimum Gasteiger partial charge on any atom is -0.469 e. The van der Waals surface area contributed by atoms with Crippen LogP contribution in [0.1, 0.15) is 39.5 Å². The Morgan fingerprint density at radius 3 is 2.24 bits per heavy atom. The summed E-state index contributed by atoms with van der Waals surface area (Å²) in [5, 5.41) is 10.9. The van der Waals surface area contributed by atoms with Crippen LogP contribution in [0.3, 0.4) is 0 Å². The molecule has 0 aromatic carbocycles. The van der Waals surface area contributed by atoms with Gasteiger partial charge in [-0.15, -0.1) is 0 Å². The molecular formula is C13H23NO3. The van der Waals surface area contributed by atoms with E-state index in [4.69, 9.17) is 4.74 Å². The SMILES string of the molecule is COC(=O)C(C)(C)C1(O)CC2CCC(C1)N2C. The Balaban J connectivity index is 2.24. The average Bonchev–Trinajstić information content (AvgIpc) is 2.52. The lowest BCUT2D eigenvalue weighted by atomic mass is 9.67. The van der Waals surface area contributed by atoms with E-state index in [1.807, 2.05) is 0 Å².